The lowest BCUT2D eigenvalue weighted by molar-refractivity contribution is -0.123. The van der Waals surface area contributed by atoms with Crippen LogP contribution in [0.2, 0.25) is 0 Å². The van der Waals surface area contributed by atoms with Crippen molar-refractivity contribution in [3.05, 3.63) is 28.7 Å². The van der Waals surface area contributed by atoms with Crippen LogP contribution in [-0.4, -0.2) is 24.2 Å². The zero-order valence-electron chi connectivity index (χ0n) is 10.7. The third-order valence-electron chi connectivity index (χ3n) is 2.98. The van der Waals surface area contributed by atoms with E-state index < -0.39 is 5.54 Å². The number of carbonyl (C=O) groups excluding carboxylic acids is 1. The van der Waals surface area contributed by atoms with Crippen molar-refractivity contribution in [2.75, 3.05) is 12.8 Å². The van der Waals surface area contributed by atoms with Gasteiger partial charge in [0.1, 0.15) is 0 Å². The molecule has 0 aliphatic carbocycles. The summed E-state index contributed by atoms with van der Waals surface area (Å²) in [5.74, 6) is 0.679. The van der Waals surface area contributed by atoms with E-state index in [1.807, 2.05) is 19.1 Å². The quantitative estimate of drug-likeness (QED) is 0.597. The van der Waals surface area contributed by atoms with Crippen LogP contribution in [0.15, 0.2) is 33.6 Å². The molecule has 0 bridgehead atoms. The lowest BCUT2D eigenvalue weighted by atomic mass is 9.96. The molecule has 0 aliphatic rings. The maximum absolute atomic E-state index is 11.3. The van der Waals surface area contributed by atoms with Gasteiger partial charge in [0.25, 0.3) is 0 Å². The predicted molar refractivity (Wildman–Crippen MR) is 80.8 cm³/mol. The van der Waals surface area contributed by atoms with Gasteiger partial charge in [-0.2, -0.15) is 0 Å². The summed E-state index contributed by atoms with van der Waals surface area (Å²) in [6, 6.07) is 8.21. The van der Waals surface area contributed by atoms with Crippen LogP contribution in [0, 0.1) is 0 Å². The van der Waals surface area contributed by atoms with E-state index in [-0.39, 0.29) is 5.91 Å². The van der Waals surface area contributed by atoms with E-state index in [9.17, 15) is 4.79 Å². The Morgan fingerprint density at radius 3 is 2.83 bits per heavy atom. The lowest BCUT2D eigenvalue weighted by Gasteiger charge is -2.25. The van der Waals surface area contributed by atoms with Gasteiger partial charge in [0, 0.05) is 9.37 Å². The van der Waals surface area contributed by atoms with Crippen molar-refractivity contribution in [2.24, 2.45) is 5.73 Å². The van der Waals surface area contributed by atoms with E-state index in [0.29, 0.717) is 0 Å². The number of carbonyl (C=O) groups is 1. The fraction of sp³-hybridized carbons (Fsp3) is 0.462. The van der Waals surface area contributed by atoms with Crippen LogP contribution in [0.25, 0.3) is 0 Å². The van der Waals surface area contributed by atoms with E-state index in [2.05, 4.69) is 33.4 Å². The summed E-state index contributed by atoms with van der Waals surface area (Å²) in [5.41, 5.74) is 4.78. The molecule has 0 radical (unpaired) electrons. The number of hydrogen-bond acceptors (Lipinski definition) is 3. The standard InChI is InChI=1S/C13H19BrN2OS/c1-13(16-2,12(15)17)7-4-8-18-11-6-3-5-10(14)9-11/h3,5-6,9,16H,4,7-8H2,1-2H3,(H2,15,17). The van der Waals surface area contributed by atoms with Gasteiger partial charge < -0.3 is 11.1 Å². The van der Waals surface area contributed by atoms with Crippen LogP contribution in [-0.2, 0) is 4.79 Å². The molecular weight excluding hydrogens is 312 g/mol. The van der Waals surface area contributed by atoms with Gasteiger partial charge >= 0.3 is 0 Å². The van der Waals surface area contributed by atoms with Crippen LogP contribution in [0.4, 0.5) is 0 Å². The van der Waals surface area contributed by atoms with Crippen molar-refractivity contribution in [1.82, 2.24) is 5.32 Å². The van der Waals surface area contributed by atoms with E-state index >= 15 is 0 Å². The minimum Gasteiger partial charge on any atom is -0.368 e. The molecule has 0 spiro atoms. The van der Waals surface area contributed by atoms with E-state index in [0.717, 1.165) is 23.1 Å². The molecule has 1 rings (SSSR count). The van der Waals surface area contributed by atoms with Crippen LogP contribution in [0.1, 0.15) is 19.8 Å². The molecule has 5 heteroatoms. The normalized spacial score (nSPS) is 14.2. The van der Waals surface area contributed by atoms with Crippen molar-refractivity contribution in [2.45, 2.75) is 30.2 Å². The van der Waals surface area contributed by atoms with Gasteiger partial charge in [-0.05, 0) is 50.8 Å². The van der Waals surface area contributed by atoms with E-state index in [1.165, 1.54) is 4.90 Å². The summed E-state index contributed by atoms with van der Waals surface area (Å²) in [6.45, 7) is 1.85. The molecule has 18 heavy (non-hydrogen) atoms. The Balaban J connectivity index is 2.37. The average molecular weight is 331 g/mol. The molecule has 0 aromatic heterocycles. The highest BCUT2D eigenvalue weighted by Gasteiger charge is 2.27. The number of primary amides is 1. The Morgan fingerprint density at radius 1 is 1.56 bits per heavy atom. The fourth-order valence-electron chi connectivity index (χ4n) is 1.54. The highest BCUT2D eigenvalue weighted by molar-refractivity contribution is 9.10. The van der Waals surface area contributed by atoms with Crippen molar-refractivity contribution in [1.29, 1.82) is 0 Å². The third kappa shape index (κ3) is 4.63. The monoisotopic (exact) mass is 330 g/mol. The van der Waals surface area contributed by atoms with Gasteiger partial charge in [0.05, 0.1) is 5.54 Å². The first-order valence-corrected chi connectivity index (χ1v) is 7.63. The lowest BCUT2D eigenvalue weighted by Crippen LogP contribution is -2.51. The van der Waals surface area contributed by atoms with E-state index in [1.54, 1.807) is 18.8 Å². The van der Waals surface area contributed by atoms with Gasteiger partial charge in [-0.15, -0.1) is 11.8 Å². The Labute approximate surface area is 121 Å². The largest absolute Gasteiger partial charge is 0.368 e. The van der Waals surface area contributed by atoms with Crippen molar-refractivity contribution < 1.29 is 4.79 Å². The number of thioether (sulfide) groups is 1. The van der Waals surface area contributed by atoms with Crippen molar-refractivity contribution >= 4 is 33.6 Å². The number of nitrogens with one attached hydrogen (secondary N) is 1. The number of likely N-dealkylation sites (N-methyl/N-ethyl adjacent to an activating group) is 1. The molecule has 0 aliphatic heterocycles. The first-order chi connectivity index (χ1) is 8.48. The Bertz CT molecular complexity index is 414. The molecule has 0 saturated heterocycles. The summed E-state index contributed by atoms with van der Waals surface area (Å²) in [5, 5.41) is 2.99. The summed E-state index contributed by atoms with van der Waals surface area (Å²) in [4.78, 5) is 12.5. The van der Waals surface area contributed by atoms with Gasteiger partial charge in [-0.25, -0.2) is 0 Å². The Hall–Kier alpha value is -0.520. The maximum atomic E-state index is 11.3. The summed E-state index contributed by atoms with van der Waals surface area (Å²) < 4.78 is 1.09. The van der Waals surface area contributed by atoms with Crippen LogP contribution >= 0.6 is 27.7 Å². The SMILES string of the molecule is CNC(C)(CCCSc1cccc(Br)c1)C(N)=O. The van der Waals surface area contributed by atoms with Crippen molar-refractivity contribution in [3.63, 3.8) is 0 Å². The molecule has 1 atom stereocenters. The molecule has 1 aromatic carbocycles. The van der Waals surface area contributed by atoms with E-state index in [4.69, 9.17) is 5.73 Å². The number of nitrogens with two attached hydrogens (primary N) is 1. The number of benzene rings is 1. The van der Waals surface area contributed by atoms with Gasteiger partial charge in [0.2, 0.25) is 5.91 Å². The summed E-state index contributed by atoms with van der Waals surface area (Å²) >= 11 is 5.24. The first-order valence-electron chi connectivity index (χ1n) is 5.85. The highest BCUT2D eigenvalue weighted by atomic mass is 79.9. The third-order valence-corrected chi connectivity index (χ3v) is 4.55. The molecule has 100 valence electrons. The summed E-state index contributed by atoms with van der Waals surface area (Å²) in [7, 11) is 1.77. The van der Waals surface area contributed by atoms with Gasteiger partial charge in [-0.1, -0.05) is 22.0 Å². The predicted octanol–water partition coefficient (Wildman–Crippen LogP) is 2.78. The van der Waals surface area contributed by atoms with Crippen molar-refractivity contribution in [3.8, 4) is 0 Å². The maximum Gasteiger partial charge on any atom is 0.237 e. The zero-order chi connectivity index (χ0) is 13.6. The number of rotatable bonds is 7. The van der Waals surface area contributed by atoms with Gasteiger partial charge in [-0.3, -0.25) is 4.79 Å². The number of hydrogen-bond donors (Lipinski definition) is 2. The summed E-state index contributed by atoms with van der Waals surface area (Å²) in [6.07, 6.45) is 1.69. The van der Waals surface area contributed by atoms with Crippen LogP contribution in [0.3, 0.4) is 0 Å². The molecular formula is C13H19BrN2OS. The Kier molecular flexibility index (Phi) is 6.18. The molecule has 3 N–H and O–H groups in total. The molecule has 0 saturated carbocycles. The topological polar surface area (TPSA) is 55.1 Å². The van der Waals surface area contributed by atoms with Crippen LogP contribution < -0.4 is 11.1 Å². The molecule has 1 unspecified atom stereocenters. The van der Waals surface area contributed by atoms with Gasteiger partial charge in [0.15, 0.2) is 0 Å². The average Bonchev–Trinajstić information content (AvgIpc) is 2.34. The number of amides is 1. The highest BCUT2D eigenvalue weighted by Crippen LogP contribution is 2.24. The minimum atomic E-state index is -0.599. The second-order valence-electron chi connectivity index (χ2n) is 4.36. The fourth-order valence-corrected chi connectivity index (χ4v) is 3.00. The second-order valence-corrected chi connectivity index (χ2v) is 6.44. The molecule has 1 amide bonds. The second kappa shape index (κ2) is 7.16. The smallest absolute Gasteiger partial charge is 0.237 e. The molecule has 0 fully saturated rings. The first kappa shape index (κ1) is 15.5. The van der Waals surface area contributed by atoms with Crippen LogP contribution in [0.5, 0.6) is 0 Å². The minimum absolute atomic E-state index is 0.294. The Morgan fingerprint density at radius 2 is 2.28 bits per heavy atom. The molecule has 1 aromatic rings. The zero-order valence-corrected chi connectivity index (χ0v) is 13.1. The number of halogens is 1. The molecule has 0 heterocycles. The molecule has 3 nitrogen and oxygen atoms in total.